The van der Waals surface area contributed by atoms with Crippen molar-refractivity contribution in [3.05, 3.63) is 86.9 Å². The maximum Gasteiger partial charge on any atom is 0.416 e. The molecule has 1 atom stereocenters. The van der Waals surface area contributed by atoms with Gasteiger partial charge in [-0.05, 0) is 98.4 Å². The minimum absolute atomic E-state index is 0.0637. The molecule has 3 aromatic rings. The summed E-state index contributed by atoms with van der Waals surface area (Å²) in [7, 11) is 0. The van der Waals surface area contributed by atoms with E-state index in [4.69, 9.17) is 0 Å². The first-order chi connectivity index (χ1) is 19.4. The molecule has 1 heterocycles. The third-order valence-corrected chi connectivity index (χ3v) is 8.86. The van der Waals surface area contributed by atoms with Gasteiger partial charge in [0.25, 0.3) is 0 Å². The molecular formula is C31H33F6N3S. The fourth-order valence-electron chi connectivity index (χ4n) is 5.83. The highest BCUT2D eigenvalue weighted by Gasteiger charge is 2.37. The Morgan fingerprint density at radius 1 is 0.902 bits per heavy atom. The summed E-state index contributed by atoms with van der Waals surface area (Å²) in [6.45, 7) is 5.74. The van der Waals surface area contributed by atoms with Crippen molar-refractivity contribution in [3.63, 3.8) is 0 Å². The van der Waals surface area contributed by atoms with Crippen LogP contribution in [0.25, 0.3) is 0 Å². The zero-order valence-corrected chi connectivity index (χ0v) is 23.9. The van der Waals surface area contributed by atoms with Gasteiger partial charge in [-0.3, -0.25) is 0 Å². The van der Waals surface area contributed by atoms with Crippen molar-refractivity contribution in [1.29, 1.82) is 0 Å². The zero-order chi connectivity index (χ0) is 29.4. The maximum atomic E-state index is 13.6. The van der Waals surface area contributed by atoms with Gasteiger partial charge in [0.05, 0.1) is 16.8 Å². The molecule has 3 nitrogen and oxygen atoms in total. The predicted octanol–water partition coefficient (Wildman–Crippen LogP) is 8.98. The topological polar surface area (TPSA) is 19.4 Å². The Hall–Kier alpha value is -3.01. The number of anilines is 2. The van der Waals surface area contributed by atoms with Crippen LogP contribution in [0.4, 0.5) is 37.2 Å². The van der Waals surface area contributed by atoms with Crippen LogP contribution in [0.1, 0.15) is 65.3 Å². The summed E-state index contributed by atoms with van der Waals surface area (Å²) in [4.78, 5) is 8.73. The third-order valence-electron chi connectivity index (χ3n) is 7.84. The molecule has 0 bridgehead atoms. The van der Waals surface area contributed by atoms with E-state index in [-0.39, 0.29) is 18.2 Å². The zero-order valence-electron chi connectivity index (χ0n) is 23.1. The minimum Gasteiger partial charge on any atom is -0.371 e. The Kier molecular flexibility index (Phi) is 8.41. The number of benzene rings is 2. The number of nitrogens with zero attached hydrogens (tertiary/aromatic N) is 3. The van der Waals surface area contributed by atoms with Crippen LogP contribution in [0, 0.1) is 12.8 Å². The van der Waals surface area contributed by atoms with E-state index in [0.717, 1.165) is 74.3 Å². The van der Waals surface area contributed by atoms with E-state index in [9.17, 15) is 26.3 Å². The third kappa shape index (κ3) is 6.90. The fourth-order valence-corrected chi connectivity index (χ4v) is 6.63. The molecule has 2 aromatic carbocycles. The molecule has 1 aromatic heterocycles. The number of hydrogen-bond donors (Lipinski definition) is 0. The minimum atomic E-state index is -4.90. The smallest absolute Gasteiger partial charge is 0.371 e. The molecule has 2 aliphatic rings. The number of aromatic nitrogens is 1. The molecule has 10 heteroatoms. The molecule has 0 N–H and O–H groups in total. The van der Waals surface area contributed by atoms with E-state index in [2.05, 4.69) is 41.1 Å². The number of alkyl halides is 6. The maximum absolute atomic E-state index is 13.6. The van der Waals surface area contributed by atoms with Crippen molar-refractivity contribution in [1.82, 2.24) is 4.98 Å². The molecule has 1 unspecified atom stereocenters. The number of fused-ring (bicyclic) bond motifs is 1. The van der Waals surface area contributed by atoms with Crippen LogP contribution in [0.15, 0.2) is 47.9 Å². The summed E-state index contributed by atoms with van der Waals surface area (Å²) in [6, 6.07) is 6.24. The van der Waals surface area contributed by atoms with Crippen molar-refractivity contribution in [2.75, 3.05) is 22.9 Å². The number of halogens is 6. The summed E-state index contributed by atoms with van der Waals surface area (Å²) in [5.74, 6) is 0.444. The number of allylic oxidation sites excluding steroid dienone is 1. The first-order valence-electron chi connectivity index (χ1n) is 13.9. The van der Waals surface area contributed by atoms with Gasteiger partial charge >= 0.3 is 12.4 Å². The Bertz CT molecular complexity index is 1380. The van der Waals surface area contributed by atoms with Gasteiger partial charge in [0.2, 0.25) is 0 Å². The second-order valence-electron chi connectivity index (χ2n) is 10.9. The highest BCUT2D eigenvalue weighted by Crippen LogP contribution is 2.38. The van der Waals surface area contributed by atoms with Gasteiger partial charge in [0.1, 0.15) is 0 Å². The van der Waals surface area contributed by atoms with Crippen molar-refractivity contribution >= 4 is 22.2 Å². The van der Waals surface area contributed by atoms with Gasteiger partial charge in [0.15, 0.2) is 5.13 Å². The van der Waals surface area contributed by atoms with E-state index in [1.165, 1.54) is 22.5 Å². The van der Waals surface area contributed by atoms with Crippen LogP contribution in [0.2, 0.25) is 0 Å². The first kappa shape index (κ1) is 29.5. The summed E-state index contributed by atoms with van der Waals surface area (Å²) >= 11 is 1.33. The molecule has 2 aliphatic carbocycles. The van der Waals surface area contributed by atoms with Crippen molar-refractivity contribution in [2.24, 2.45) is 5.92 Å². The lowest BCUT2D eigenvalue weighted by Gasteiger charge is -2.31. The molecule has 0 saturated heterocycles. The van der Waals surface area contributed by atoms with Crippen molar-refractivity contribution in [3.8, 4) is 0 Å². The van der Waals surface area contributed by atoms with Crippen LogP contribution in [0.3, 0.4) is 0 Å². The quantitative estimate of drug-likeness (QED) is 0.182. The average Bonchev–Trinajstić information content (AvgIpc) is 3.67. The number of hydrogen-bond acceptors (Lipinski definition) is 4. The summed E-state index contributed by atoms with van der Waals surface area (Å²) < 4.78 is 81.7. The van der Waals surface area contributed by atoms with Crippen LogP contribution in [0.5, 0.6) is 0 Å². The van der Waals surface area contributed by atoms with Gasteiger partial charge in [-0.25, -0.2) is 4.98 Å². The summed E-state index contributed by atoms with van der Waals surface area (Å²) in [6.07, 6.45) is -0.154. The summed E-state index contributed by atoms with van der Waals surface area (Å²) in [5.41, 5.74) is 2.72. The number of aryl methyl sites for hydroxylation is 3. The van der Waals surface area contributed by atoms with Gasteiger partial charge in [-0.1, -0.05) is 18.2 Å². The van der Waals surface area contributed by atoms with E-state index >= 15 is 0 Å². The molecule has 0 saturated carbocycles. The molecule has 41 heavy (non-hydrogen) atoms. The van der Waals surface area contributed by atoms with E-state index < -0.39 is 23.5 Å². The summed E-state index contributed by atoms with van der Waals surface area (Å²) in [5, 5.41) is 2.39. The molecule has 0 aliphatic heterocycles. The molecule has 0 radical (unpaired) electrons. The lowest BCUT2D eigenvalue weighted by Crippen LogP contribution is -2.31. The van der Waals surface area contributed by atoms with Gasteiger partial charge in [0, 0.05) is 37.2 Å². The van der Waals surface area contributed by atoms with Gasteiger partial charge in [-0.15, -0.1) is 11.3 Å². The average molecular weight is 594 g/mol. The van der Waals surface area contributed by atoms with Crippen molar-refractivity contribution < 1.29 is 26.3 Å². The molecule has 220 valence electrons. The predicted molar refractivity (Wildman–Crippen MR) is 151 cm³/mol. The Balaban J connectivity index is 1.54. The molecular weight excluding hydrogens is 560 g/mol. The molecule has 0 fully saturated rings. The highest BCUT2D eigenvalue weighted by molar-refractivity contribution is 7.13. The standard InChI is InChI=1S/C31H33F6N3S/c1-3-39(16-21-7-4-5-8-21)28-14-24-10-6-9-23(24)13-25(28)18-40(29-38-20(2)19-41-29)17-22-11-26(30(32,33)34)15-27(12-22)31(35,36)37/h4,7,11-15,19,21H,3,5-6,8-10,16-18H2,1-2H3. The molecule has 0 amide bonds. The van der Waals surface area contributed by atoms with Crippen LogP contribution >= 0.6 is 11.3 Å². The number of rotatable bonds is 9. The van der Waals surface area contributed by atoms with E-state index in [1.54, 1.807) is 4.90 Å². The van der Waals surface area contributed by atoms with Crippen molar-refractivity contribution in [2.45, 2.75) is 71.4 Å². The molecule has 0 spiro atoms. The lowest BCUT2D eigenvalue weighted by molar-refractivity contribution is -0.143. The van der Waals surface area contributed by atoms with E-state index in [0.29, 0.717) is 17.6 Å². The Morgan fingerprint density at radius 2 is 1.59 bits per heavy atom. The van der Waals surface area contributed by atoms with Crippen LogP contribution in [-0.4, -0.2) is 18.1 Å². The van der Waals surface area contributed by atoms with Crippen LogP contribution in [-0.2, 0) is 38.3 Å². The number of thiazole rings is 1. The molecule has 5 rings (SSSR count). The normalized spacial score (nSPS) is 16.8. The Morgan fingerprint density at radius 3 is 2.15 bits per heavy atom. The SMILES string of the molecule is CCN(CC1C=CCC1)c1cc2c(cc1CN(Cc1cc(C(F)(F)F)cc(C(F)(F)F)c1)c1nc(C)cs1)CCC2. The second kappa shape index (κ2) is 11.7. The van der Waals surface area contributed by atoms with Gasteiger partial charge in [-0.2, -0.15) is 26.3 Å². The lowest BCUT2D eigenvalue weighted by atomic mass is 10.0. The fraction of sp³-hybridized carbons (Fsp3) is 0.452. The first-order valence-corrected chi connectivity index (χ1v) is 14.8. The Labute approximate surface area is 240 Å². The van der Waals surface area contributed by atoms with Crippen LogP contribution < -0.4 is 9.80 Å². The monoisotopic (exact) mass is 593 g/mol. The highest BCUT2D eigenvalue weighted by atomic mass is 32.1. The van der Waals surface area contributed by atoms with E-state index in [1.807, 2.05) is 12.3 Å². The second-order valence-corrected chi connectivity index (χ2v) is 11.8. The largest absolute Gasteiger partial charge is 0.416 e. The van der Waals surface area contributed by atoms with Gasteiger partial charge < -0.3 is 9.80 Å².